The SMILES string of the molecule is CCN(CC)S(=O)(=O)c1cc(C)c(C)c(NC(=O)c2cc(C(C)C)nc3c2c(C)nn3C)c1. The molecule has 1 amide bonds. The lowest BCUT2D eigenvalue weighted by Crippen LogP contribution is -2.30. The first kappa shape index (κ1) is 24.9. The summed E-state index contributed by atoms with van der Waals surface area (Å²) in [6.45, 7) is 14.0. The third-order valence-electron chi connectivity index (χ3n) is 6.06. The van der Waals surface area contributed by atoms with E-state index in [4.69, 9.17) is 4.98 Å². The fraction of sp³-hybridized carbons (Fsp3) is 0.458. The van der Waals surface area contributed by atoms with E-state index in [0.717, 1.165) is 16.8 Å². The topological polar surface area (TPSA) is 97.2 Å². The van der Waals surface area contributed by atoms with Crippen molar-refractivity contribution in [1.29, 1.82) is 0 Å². The quantitative estimate of drug-likeness (QED) is 0.554. The number of carbonyl (C=O) groups excluding carboxylic acids is 1. The second-order valence-corrected chi connectivity index (χ2v) is 10.6. The monoisotopic (exact) mass is 471 g/mol. The van der Waals surface area contributed by atoms with Crippen molar-refractivity contribution in [3.05, 3.63) is 46.3 Å². The number of aromatic nitrogens is 3. The van der Waals surface area contributed by atoms with E-state index < -0.39 is 10.0 Å². The number of nitrogens with zero attached hydrogens (tertiary/aromatic N) is 4. The normalized spacial score (nSPS) is 12.2. The second kappa shape index (κ2) is 9.23. The van der Waals surface area contributed by atoms with Crippen molar-refractivity contribution in [2.45, 2.75) is 59.3 Å². The van der Waals surface area contributed by atoms with Gasteiger partial charge in [0.1, 0.15) is 0 Å². The van der Waals surface area contributed by atoms with Gasteiger partial charge in [-0.3, -0.25) is 9.48 Å². The van der Waals surface area contributed by atoms with Gasteiger partial charge in [0.15, 0.2) is 5.65 Å². The van der Waals surface area contributed by atoms with Crippen LogP contribution in [-0.4, -0.2) is 46.5 Å². The standard InChI is InChI=1S/C24H33N5O3S/c1-9-29(10-2)33(31,32)18-11-15(5)16(6)21(12-18)26-24(30)19-13-20(14(3)4)25-23-22(19)17(7)27-28(23)8/h11-14H,9-10H2,1-8H3,(H,26,30). The Kier molecular flexibility index (Phi) is 6.95. The molecule has 0 spiro atoms. The van der Waals surface area contributed by atoms with E-state index in [1.807, 2.05) is 55.5 Å². The van der Waals surface area contributed by atoms with E-state index in [1.54, 1.807) is 22.9 Å². The van der Waals surface area contributed by atoms with Crippen molar-refractivity contribution in [3.63, 3.8) is 0 Å². The van der Waals surface area contributed by atoms with Crippen LogP contribution in [0.1, 0.15) is 66.5 Å². The third-order valence-corrected chi connectivity index (χ3v) is 8.08. The highest BCUT2D eigenvalue weighted by Crippen LogP contribution is 2.29. The fourth-order valence-electron chi connectivity index (χ4n) is 3.95. The molecular formula is C24H33N5O3S. The van der Waals surface area contributed by atoms with Crippen LogP contribution in [0.2, 0.25) is 0 Å². The van der Waals surface area contributed by atoms with Crippen LogP contribution in [0.3, 0.4) is 0 Å². The summed E-state index contributed by atoms with van der Waals surface area (Å²) in [6.07, 6.45) is 0. The van der Waals surface area contributed by atoms with Gasteiger partial charge in [0.2, 0.25) is 10.0 Å². The molecule has 2 heterocycles. The van der Waals surface area contributed by atoms with E-state index in [9.17, 15) is 13.2 Å². The summed E-state index contributed by atoms with van der Waals surface area (Å²) < 4.78 is 29.3. The fourth-order valence-corrected chi connectivity index (χ4v) is 5.52. The summed E-state index contributed by atoms with van der Waals surface area (Å²) in [5.41, 5.74) is 4.71. The number of fused-ring (bicyclic) bond motifs is 1. The zero-order valence-electron chi connectivity index (χ0n) is 20.6. The Morgan fingerprint density at radius 2 is 1.76 bits per heavy atom. The highest BCUT2D eigenvalue weighted by Gasteiger charge is 2.25. The maximum absolute atomic E-state index is 13.5. The zero-order chi connectivity index (χ0) is 24.7. The average Bonchev–Trinajstić information content (AvgIpc) is 3.04. The lowest BCUT2D eigenvalue weighted by molar-refractivity contribution is 0.102. The van der Waals surface area contributed by atoms with Crippen LogP contribution in [-0.2, 0) is 17.1 Å². The molecule has 0 saturated heterocycles. The number of anilines is 1. The molecule has 2 aromatic heterocycles. The first-order valence-corrected chi connectivity index (χ1v) is 12.6. The molecule has 0 atom stereocenters. The Morgan fingerprint density at radius 3 is 2.33 bits per heavy atom. The Morgan fingerprint density at radius 1 is 1.12 bits per heavy atom. The minimum atomic E-state index is -3.66. The first-order chi connectivity index (χ1) is 15.4. The van der Waals surface area contributed by atoms with E-state index in [2.05, 4.69) is 10.4 Å². The number of hydrogen-bond donors (Lipinski definition) is 1. The molecule has 0 unspecified atom stereocenters. The van der Waals surface area contributed by atoms with Crippen LogP contribution >= 0.6 is 0 Å². The molecule has 9 heteroatoms. The lowest BCUT2D eigenvalue weighted by atomic mass is 10.0. The van der Waals surface area contributed by atoms with Gasteiger partial charge in [-0.05, 0) is 56.0 Å². The van der Waals surface area contributed by atoms with E-state index in [0.29, 0.717) is 41.1 Å². The maximum atomic E-state index is 13.5. The molecule has 0 bridgehead atoms. The summed E-state index contributed by atoms with van der Waals surface area (Å²) in [5, 5.41) is 8.10. The van der Waals surface area contributed by atoms with Gasteiger partial charge in [0.05, 0.1) is 21.5 Å². The molecular weight excluding hydrogens is 438 g/mol. The van der Waals surface area contributed by atoms with Gasteiger partial charge >= 0.3 is 0 Å². The molecule has 0 aliphatic rings. The van der Waals surface area contributed by atoms with Crippen molar-refractivity contribution >= 4 is 32.7 Å². The molecule has 0 saturated carbocycles. The Balaban J connectivity index is 2.12. The van der Waals surface area contributed by atoms with Crippen molar-refractivity contribution in [2.24, 2.45) is 7.05 Å². The molecule has 1 N–H and O–H groups in total. The molecule has 0 aliphatic heterocycles. The van der Waals surface area contributed by atoms with Gasteiger partial charge in [-0.15, -0.1) is 0 Å². The van der Waals surface area contributed by atoms with Gasteiger partial charge < -0.3 is 5.32 Å². The summed E-state index contributed by atoms with van der Waals surface area (Å²) in [4.78, 5) is 18.4. The van der Waals surface area contributed by atoms with Gasteiger partial charge in [-0.25, -0.2) is 13.4 Å². The molecule has 178 valence electrons. The molecule has 3 rings (SSSR count). The molecule has 1 aromatic carbocycles. The number of sulfonamides is 1. The van der Waals surface area contributed by atoms with Crippen molar-refractivity contribution in [1.82, 2.24) is 19.1 Å². The van der Waals surface area contributed by atoms with E-state index >= 15 is 0 Å². The minimum absolute atomic E-state index is 0.127. The number of amides is 1. The summed E-state index contributed by atoms with van der Waals surface area (Å²) in [7, 11) is -1.85. The number of carbonyl (C=O) groups is 1. The highest BCUT2D eigenvalue weighted by molar-refractivity contribution is 7.89. The molecule has 0 fully saturated rings. The van der Waals surface area contributed by atoms with Crippen molar-refractivity contribution < 1.29 is 13.2 Å². The largest absolute Gasteiger partial charge is 0.322 e. The Labute approximate surface area is 196 Å². The highest BCUT2D eigenvalue weighted by atomic mass is 32.2. The van der Waals surface area contributed by atoms with Crippen LogP contribution < -0.4 is 5.32 Å². The predicted octanol–water partition coefficient (Wildman–Crippen LogP) is 4.30. The number of pyridine rings is 1. The van der Waals surface area contributed by atoms with Gasteiger partial charge in [0.25, 0.3) is 5.91 Å². The summed E-state index contributed by atoms with van der Waals surface area (Å²) >= 11 is 0. The first-order valence-electron chi connectivity index (χ1n) is 11.2. The van der Waals surface area contributed by atoms with Gasteiger partial charge in [-0.1, -0.05) is 27.7 Å². The van der Waals surface area contributed by atoms with Crippen LogP contribution in [0, 0.1) is 20.8 Å². The number of nitrogens with one attached hydrogen (secondary N) is 1. The minimum Gasteiger partial charge on any atom is -0.322 e. The van der Waals surface area contributed by atoms with Crippen LogP contribution in [0.5, 0.6) is 0 Å². The van der Waals surface area contributed by atoms with Crippen molar-refractivity contribution in [3.8, 4) is 0 Å². The average molecular weight is 472 g/mol. The predicted molar refractivity (Wildman–Crippen MR) is 131 cm³/mol. The van der Waals surface area contributed by atoms with Crippen LogP contribution in [0.25, 0.3) is 11.0 Å². The number of benzene rings is 1. The molecule has 0 aliphatic carbocycles. The van der Waals surface area contributed by atoms with Crippen molar-refractivity contribution in [2.75, 3.05) is 18.4 Å². The van der Waals surface area contributed by atoms with E-state index in [1.165, 1.54) is 4.31 Å². The summed E-state index contributed by atoms with van der Waals surface area (Å²) in [5.74, 6) is -0.192. The summed E-state index contributed by atoms with van der Waals surface area (Å²) in [6, 6.07) is 5.01. The molecule has 0 radical (unpaired) electrons. The molecule has 33 heavy (non-hydrogen) atoms. The van der Waals surface area contributed by atoms with Gasteiger partial charge in [-0.2, -0.15) is 9.40 Å². The molecule has 3 aromatic rings. The zero-order valence-corrected chi connectivity index (χ0v) is 21.5. The van der Waals surface area contributed by atoms with E-state index in [-0.39, 0.29) is 16.7 Å². The Hall–Kier alpha value is -2.78. The number of hydrogen-bond acceptors (Lipinski definition) is 5. The van der Waals surface area contributed by atoms with Crippen LogP contribution in [0.4, 0.5) is 5.69 Å². The maximum Gasteiger partial charge on any atom is 0.256 e. The third kappa shape index (κ3) is 4.52. The molecule has 8 nitrogen and oxygen atoms in total. The Bertz CT molecular complexity index is 1320. The number of aryl methyl sites for hydroxylation is 3. The second-order valence-electron chi connectivity index (χ2n) is 8.61. The smallest absolute Gasteiger partial charge is 0.256 e. The number of rotatable bonds is 7. The lowest BCUT2D eigenvalue weighted by Gasteiger charge is -2.20. The van der Waals surface area contributed by atoms with Crippen LogP contribution in [0.15, 0.2) is 23.1 Å². The van der Waals surface area contributed by atoms with Gasteiger partial charge in [0, 0.05) is 31.5 Å².